The van der Waals surface area contributed by atoms with Crippen LogP contribution in [-0.2, 0) is 4.74 Å². The van der Waals surface area contributed by atoms with E-state index < -0.39 is 0 Å². The largest absolute Gasteiger partial charge is 0.375 e. The molecule has 0 radical (unpaired) electrons. The zero-order valence-corrected chi connectivity index (χ0v) is 15.9. The van der Waals surface area contributed by atoms with Crippen molar-refractivity contribution in [1.29, 1.82) is 0 Å². The predicted octanol–water partition coefficient (Wildman–Crippen LogP) is 4.84. The van der Waals surface area contributed by atoms with E-state index in [1.807, 2.05) is 7.05 Å². The number of benzene rings is 1. The normalized spacial score (nSPS) is 31.6. The minimum atomic E-state index is 0.268. The zero-order chi connectivity index (χ0) is 15.0. The number of halogens is 2. The first kappa shape index (κ1) is 16.5. The summed E-state index contributed by atoms with van der Waals surface area (Å²) < 4.78 is 8.34. The minimum absolute atomic E-state index is 0.268. The number of rotatable bonds is 3. The van der Waals surface area contributed by atoms with Crippen LogP contribution in [0.4, 0.5) is 0 Å². The van der Waals surface area contributed by atoms with Gasteiger partial charge in [-0.3, -0.25) is 0 Å². The molecule has 1 aliphatic rings. The summed E-state index contributed by atoms with van der Waals surface area (Å²) in [5.74, 6) is 1.01. The van der Waals surface area contributed by atoms with Crippen LogP contribution in [0.25, 0.3) is 0 Å². The van der Waals surface area contributed by atoms with Crippen LogP contribution in [0.1, 0.15) is 37.9 Å². The van der Waals surface area contributed by atoms with Crippen LogP contribution in [0.3, 0.4) is 0 Å². The Hall–Kier alpha value is 0.1000. The standard InChI is InChI=1S/C16H23Br2NO/c1-8-6-14(18)12(7-13(8)17)16(19-5)15-9(2)10(3)20-11(15)4/h6-7,9-11,15-16,19H,1-5H3. The molecule has 1 heterocycles. The molecule has 4 heteroatoms. The Morgan fingerprint density at radius 3 is 2.25 bits per heavy atom. The van der Waals surface area contributed by atoms with Gasteiger partial charge in [0.1, 0.15) is 0 Å². The molecule has 1 aromatic carbocycles. The highest BCUT2D eigenvalue weighted by Gasteiger charge is 2.42. The maximum Gasteiger partial charge on any atom is 0.0600 e. The Kier molecular flexibility index (Phi) is 5.33. The topological polar surface area (TPSA) is 21.3 Å². The summed E-state index contributed by atoms with van der Waals surface area (Å²) in [6, 6.07) is 4.69. The molecule has 0 saturated carbocycles. The first-order chi connectivity index (χ1) is 9.36. The molecule has 2 nitrogen and oxygen atoms in total. The summed E-state index contributed by atoms with van der Waals surface area (Å²) in [4.78, 5) is 0. The molecule has 0 spiro atoms. The van der Waals surface area contributed by atoms with Crippen molar-refractivity contribution in [2.24, 2.45) is 11.8 Å². The monoisotopic (exact) mass is 403 g/mol. The van der Waals surface area contributed by atoms with Gasteiger partial charge in [-0.05, 0) is 57.0 Å². The molecule has 0 amide bonds. The number of nitrogens with one attached hydrogen (secondary N) is 1. The number of aryl methyl sites for hydroxylation is 1. The van der Waals surface area contributed by atoms with E-state index in [1.54, 1.807) is 0 Å². The lowest BCUT2D eigenvalue weighted by molar-refractivity contribution is 0.0478. The molecule has 2 rings (SSSR count). The van der Waals surface area contributed by atoms with Gasteiger partial charge in [-0.2, -0.15) is 0 Å². The fraction of sp³-hybridized carbons (Fsp3) is 0.625. The van der Waals surface area contributed by atoms with Crippen molar-refractivity contribution >= 4 is 31.9 Å². The third-order valence-electron chi connectivity index (χ3n) is 4.63. The number of hydrogen-bond donors (Lipinski definition) is 1. The van der Waals surface area contributed by atoms with Gasteiger partial charge in [-0.25, -0.2) is 0 Å². The van der Waals surface area contributed by atoms with Gasteiger partial charge in [0.15, 0.2) is 0 Å². The van der Waals surface area contributed by atoms with E-state index >= 15 is 0 Å². The lowest BCUT2D eigenvalue weighted by Gasteiger charge is -2.30. The van der Waals surface area contributed by atoms with E-state index in [2.05, 4.69) is 77.0 Å². The second-order valence-electron chi connectivity index (χ2n) is 5.87. The Morgan fingerprint density at radius 1 is 1.10 bits per heavy atom. The lowest BCUT2D eigenvalue weighted by atomic mass is 9.80. The summed E-state index contributed by atoms with van der Waals surface area (Å²) in [7, 11) is 2.04. The van der Waals surface area contributed by atoms with Gasteiger partial charge in [-0.15, -0.1) is 0 Å². The Morgan fingerprint density at radius 2 is 1.75 bits per heavy atom. The highest BCUT2D eigenvalue weighted by molar-refractivity contribution is 9.11. The number of ether oxygens (including phenoxy) is 1. The van der Waals surface area contributed by atoms with Gasteiger partial charge >= 0.3 is 0 Å². The number of hydrogen-bond acceptors (Lipinski definition) is 2. The Balaban J connectivity index is 2.40. The van der Waals surface area contributed by atoms with Gasteiger partial charge in [0, 0.05) is 20.9 Å². The first-order valence-electron chi connectivity index (χ1n) is 7.15. The van der Waals surface area contributed by atoms with E-state index in [0.29, 0.717) is 17.9 Å². The average Bonchev–Trinajstić information content (AvgIpc) is 2.63. The molecule has 5 unspecified atom stereocenters. The molecule has 1 saturated heterocycles. The maximum atomic E-state index is 6.02. The molecule has 0 aromatic heterocycles. The fourth-order valence-corrected chi connectivity index (χ4v) is 4.39. The molecule has 112 valence electrons. The lowest BCUT2D eigenvalue weighted by Crippen LogP contribution is -2.33. The minimum Gasteiger partial charge on any atom is -0.375 e. The maximum absolute atomic E-state index is 6.02. The third-order valence-corrected chi connectivity index (χ3v) is 6.17. The van der Waals surface area contributed by atoms with Crippen LogP contribution >= 0.6 is 31.9 Å². The molecule has 20 heavy (non-hydrogen) atoms. The van der Waals surface area contributed by atoms with Crippen molar-refractivity contribution in [2.75, 3.05) is 7.05 Å². The summed E-state index contributed by atoms with van der Waals surface area (Å²) in [5, 5.41) is 3.50. The highest BCUT2D eigenvalue weighted by Crippen LogP contribution is 2.43. The smallest absolute Gasteiger partial charge is 0.0600 e. The van der Waals surface area contributed by atoms with Gasteiger partial charge < -0.3 is 10.1 Å². The molecule has 1 aromatic rings. The van der Waals surface area contributed by atoms with Crippen molar-refractivity contribution in [3.8, 4) is 0 Å². The Labute approximate surface area is 138 Å². The van der Waals surface area contributed by atoms with Crippen molar-refractivity contribution in [2.45, 2.75) is 45.9 Å². The molecular formula is C16H23Br2NO. The molecule has 0 bridgehead atoms. The average molecular weight is 405 g/mol. The molecule has 0 aliphatic carbocycles. The highest BCUT2D eigenvalue weighted by atomic mass is 79.9. The van der Waals surface area contributed by atoms with Crippen LogP contribution in [0.5, 0.6) is 0 Å². The van der Waals surface area contributed by atoms with Crippen molar-refractivity contribution in [1.82, 2.24) is 5.32 Å². The first-order valence-corrected chi connectivity index (χ1v) is 8.73. The fourth-order valence-electron chi connectivity index (χ4n) is 3.32. The summed E-state index contributed by atoms with van der Waals surface area (Å²) in [6.45, 7) is 8.76. The second-order valence-corrected chi connectivity index (χ2v) is 7.58. The van der Waals surface area contributed by atoms with Gasteiger partial charge in [-0.1, -0.05) is 38.8 Å². The van der Waals surface area contributed by atoms with Gasteiger partial charge in [0.2, 0.25) is 0 Å². The third kappa shape index (κ3) is 2.99. The van der Waals surface area contributed by atoms with Crippen LogP contribution in [-0.4, -0.2) is 19.3 Å². The van der Waals surface area contributed by atoms with E-state index in [1.165, 1.54) is 11.1 Å². The molecule has 1 aliphatic heterocycles. The molecule has 5 atom stereocenters. The van der Waals surface area contributed by atoms with E-state index in [4.69, 9.17) is 4.74 Å². The van der Waals surface area contributed by atoms with Crippen molar-refractivity contribution < 1.29 is 4.74 Å². The molecule has 1 N–H and O–H groups in total. The molecule has 1 fully saturated rings. The predicted molar refractivity (Wildman–Crippen MR) is 91.0 cm³/mol. The van der Waals surface area contributed by atoms with Gasteiger partial charge in [0.05, 0.1) is 12.2 Å². The SMILES string of the molecule is CNC(c1cc(Br)c(C)cc1Br)C1C(C)OC(C)C1C. The van der Waals surface area contributed by atoms with Crippen LogP contribution in [0.15, 0.2) is 21.1 Å². The Bertz CT molecular complexity index is 492. The molecular weight excluding hydrogens is 382 g/mol. The second kappa shape index (κ2) is 6.47. The van der Waals surface area contributed by atoms with Crippen molar-refractivity contribution in [3.63, 3.8) is 0 Å². The van der Waals surface area contributed by atoms with Crippen molar-refractivity contribution in [3.05, 3.63) is 32.2 Å². The quantitative estimate of drug-likeness (QED) is 0.778. The van der Waals surface area contributed by atoms with Crippen LogP contribution in [0, 0.1) is 18.8 Å². The van der Waals surface area contributed by atoms with Crippen LogP contribution < -0.4 is 5.32 Å². The van der Waals surface area contributed by atoms with E-state index in [0.717, 1.165) is 8.95 Å². The summed E-state index contributed by atoms with van der Waals surface area (Å²) in [5.41, 5.74) is 2.54. The zero-order valence-electron chi connectivity index (χ0n) is 12.7. The summed E-state index contributed by atoms with van der Waals surface area (Å²) >= 11 is 7.37. The summed E-state index contributed by atoms with van der Waals surface area (Å²) in [6.07, 6.45) is 0.586. The van der Waals surface area contributed by atoms with Crippen LogP contribution in [0.2, 0.25) is 0 Å². The van der Waals surface area contributed by atoms with Gasteiger partial charge in [0.25, 0.3) is 0 Å². The van der Waals surface area contributed by atoms with E-state index in [9.17, 15) is 0 Å². The van der Waals surface area contributed by atoms with E-state index in [-0.39, 0.29) is 12.1 Å².